The van der Waals surface area contributed by atoms with Gasteiger partial charge < -0.3 is 4.90 Å². The highest BCUT2D eigenvalue weighted by Gasteiger charge is 2.38. The van der Waals surface area contributed by atoms with E-state index in [0.717, 1.165) is 6.42 Å². The van der Waals surface area contributed by atoms with Crippen LogP contribution in [0.25, 0.3) is 65.7 Å². The van der Waals surface area contributed by atoms with Gasteiger partial charge in [-0.3, -0.25) is 0 Å². The lowest BCUT2D eigenvalue weighted by Crippen LogP contribution is -2.18. The highest BCUT2D eigenvalue weighted by Crippen LogP contribution is 2.55. The summed E-state index contributed by atoms with van der Waals surface area (Å²) < 4.78 is 0. The standard InChI is InChI=1S/C61H45N/c1-60(2)52-21-13-11-19-43(52)45-30-26-41(34-54(45)60)62(42-27-31-46-44-20-12-14-22-53(44)61(3,4)55(46)35-42)56-32-25-39-23-28-47-50-36-49(37-15-7-5-8-16-37)57(38-17-9-6-10-18-38)51(50)33-40-24-29-48(56)58(39)59(40)47/h5-35H,36H2,1-4H3. The van der Waals surface area contributed by atoms with Crippen molar-refractivity contribution < 1.29 is 0 Å². The van der Waals surface area contributed by atoms with E-state index in [1.54, 1.807) is 0 Å². The average molecular weight is 792 g/mol. The zero-order chi connectivity index (χ0) is 41.5. The lowest BCUT2D eigenvalue weighted by molar-refractivity contribution is 0.660. The maximum atomic E-state index is 2.55. The van der Waals surface area contributed by atoms with Crippen molar-refractivity contribution in [1.29, 1.82) is 0 Å². The van der Waals surface area contributed by atoms with Gasteiger partial charge in [0.1, 0.15) is 0 Å². The number of nitrogens with zero attached hydrogens (tertiary/aromatic N) is 1. The highest BCUT2D eigenvalue weighted by atomic mass is 15.1. The van der Waals surface area contributed by atoms with Gasteiger partial charge in [-0.2, -0.15) is 0 Å². The minimum absolute atomic E-state index is 0.122. The molecule has 13 rings (SSSR count). The zero-order valence-electron chi connectivity index (χ0n) is 35.6. The second-order valence-corrected chi connectivity index (χ2v) is 18.8. The number of allylic oxidation sites excluding steroid dienone is 1. The van der Waals surface area contributed by atoms with Gasteiger partial charge in [-0.1, -0.05) is 179 Å². The molecule has 0 aliphatic heterocycles. The molecule has 0 spiro atoms. The Labute approximate surface area is 363 Å². The van der Waals surface area contributed by atoms with Gasteiger partial charge in [0.2, 0.25) is 0 Å². The highest BCUT2D eigenvalue weighted by molar-refractivity contribution is 6.28. The fourth-order valence-electron chi connectivity index (χ4n) is 11.9. The number of hydrogen-bond acceptors (Lipinski definition) is 1. The second-order valence-electron chi connectivity index (χ2n) is 18.8. The molecule has 294 valence electrons. The predicted molar refractivity (Wildman–Crippen MR) is 262 cm³/mol. The lowest BCUT2D eigenvalue weighted by atomic mass is 9.82. The average Bonchev–Trinajstić information content (AvgIpc) is 3.89. The molecule has 0 N–H and O–H groups in total. The van der Waals surface area contributed by atoms with Gasteiger partial charge in [0.25, 0.3) is 0 Å². The number of anilines is 3. The van der Waals surface area contributed by atoms with Crippen LogP contribution in [0.1, 0.15) is 72.2 Å². The summed E-state index contributed by atoms with van der Waals surface area (Å²) in [6, 6.07) is 71.1. The van der Waals surface area contributed by atoms with E-state index in [2.05, 4.69) is 221 Å². The van der Waals surface area contributed by atoms with Gasteiger partial charge in [-0.15, -0.1) is 0 Å². The molecule has 0 heterocycles. The Hall–Kier alpha value is -7.22. The second kappa shape index (κ2) is 12.7. The first-order valence-electron chi connectivity index (χ1n) is 22.1. The van der Waals surface area contributed by atoms with E-state index in [-0.39, 0.29) is 10.8 Å². The van der Waals surface area contributed by atoms with Crippen LogP contribution in [-0.2, 0) is 17.3 Å². The van der Waals surface area contributed by atoms with Crippen LogP contribution in [0.4, 0.5) is 17.1 Å². The van der Waals surface area contributed by atoms with E-state index in [1.165, 1.54) is 127 Å². The van der Waals surface area contributed by atoms with Crippen LogP contribution in [0.2, 0.25) is 0 Å². The van der Waals surface area contributed by atoms with Crippen molar-refractivity contribution >= 4 is 60.5 Å². The maximum absolute atomic E-state index is 2.55. The molecule has 0 saturated carbocycles. The summed E-state index contributed by atoms with van der Waals surface area (Å²) in [6.45, 7) is 9.54. The minimum Gasteiger partial charge on any atom is -0.310 e. The molecule has 62 heavy (non-hydrogen) atoms. The summed E-state index contributed by atoms with van der Waals surface area (Å²) in [6.07, 6.45) is 0.900. The molecule has 0 aromatic heterocycles. The van der Waals surface area contributed by atoms with Gasteiger partial charge in [-0.05, 0) is 148 Å². The Morgan fingerprint density at radius 2 is 0.887 bits per heavy atom. The quantitative estimate of drug-likeness (QED) is 0.157. The number of rotatable bonds is 5. The van der Waals surface area contributed by atoms with Crippen molar-refractivity contribution in [3.05, 3.63) is 233 Å². The number of fused-ring (bicyclic) bond motifs is 8. The molecule has 0 amide bonds. The van der Waals surface area contributed by atoms with E-state index in [9.17, 15) is 0 Å². The van der Waals surface area contributed by atoms with E-state index >= 15 is 0 Å². The summed E-state index contributed by atoms with van der Waals surface area (Å²) in [7, 11) is 0. The third-order valence-electron chi connectivity index (χ3n) is 14.9. The van der Waals surface area contributed by atoms with Crippen LogP contribution >= 0.6 is 0 Å². The van der Waals surface area contributed by atoms with Crippen molar-refractivity contribution in [2.75, 3.05) is 4.90 Å². The Morgan fingerprint density at radius 3 is 1.52 bits per heavy atom. The molecule has 0 saturated heterocycles. The minimum atomic E-state index is -0.122. The van der Waals surface area contributed by atoms with Crippen LogP contribution in [0.15, 0.2) is 188 Å². The monoisotopic (exact) mass is 791 g/mol. The Morgan fingerprint density at radius 1 is 0.387 bits per heavy atom. The molecular formula is C61H45N. The van der Waals surface area contributed by atoms with Crippen molar-refractivity contribution in [3.63, 3.8) is 0 Å². The molecule has 1 nitrogen and oxygen atoms in total. The summed E-state index contributed by atoms with van der Waals surface area (Å²) >= 11 is 0. The van der Waals surface area contributed by atoms with Crippen molar-refractivity contribution in [1.82, 2.24) is 0 Å². The summed E-state index contributed by atoms with van der Waals surface area (Å²) in [5.74, 6) is 0. The summed E-state index contributed by atoms with van der Waals surface area (Å²) in [5, 5.41) is 7.88. The van der Waals surface area contributed by atoms with Gasteiger partial charge in [0.05, 0.1) is 5.69 Å². The third-order valence-corrected chi connectivity index (χ3v) is 14.9. The first-order chi connectivity index (χ1) is 30.3. The Balaban J connectivity index is 1.05. The molecule has 0 atom stereocenters. The van der Waals surface area contributed by atoms with Gasteiger partial charge in [0, 0.05) is 27.6 Å². The lowest BCUT2D eigenvalue weighted by Gasteiger charge is -2.31. The molecule has 0 fully saturated rings. The van der Waals surface area contributed by atoms with Gasteiger partial charge in [0.15, 0.2) is 0 Å². The smallest absolute Gasteiger partial charge is 0.0540 e. The number of benzene rings is 10. The molecule has 1 heteroatoms. The topological polar surface area (TPSA) is 3.24 Å². The fourth-order valence-corrected chi connectivity index (χ4v) is 11.9. The predicted octanol–water partition coefficient (Wildman–Crippen LogP) is 16.2. The van der Waals surface area contributed by atoms with E-state index in [4.69, 9.17) is 0 Å². The van der Waals surface area contributed by atoms with Crippen molar-refractivity contribution in [2.24, 2.45) is 0 Å². The molecule has 0 bridgehead atoms. The first kappa shape index (κ1) is 35.5. The summed E-state index contributed by atoms with van der Waals surface area (Å²) in [5.41, 5.74) is 22.3. The van der Waals surface area contributed by atoms with Crippen LogP contribution in [0.3, 0.4) is 0 Å². The van der Waals surface area contributed by atoms with Crippen molar-refractivity contribution in [2.45, 2.75) is 44.9 Å². The largest absolute Gasteiger partial charge is 0.310 e. The van der Waals surface area contributed by atoms with Crippen molar-refractivity contribution in [3.8, 4) is 22.3 Å². The van der Waals surface area contributed by atoms with Crippen LogP contribution in [-0.4, -0.2) is 0 Å². The van der Waals surface area contributed by atoms with Gasteiger partial charge >= 0.3 is 0 Å². The molecule has 10 aromatic carbocycles. The fraction of sp³-hybridized carbons (Fsp3) is 0.115. The normalized spacial score (nSPS) is 15.2. The van der Waals surface area contributed by atoms with E-state index in [0.29, 0.717) is 0 Å². The van der Waals surface area contributed by atoms with Crippen LogP contribution < -0.4 is 4.90 Å². The Kier molecular flexibility index (Phi) is 7.26. The molecule has 10 aromatic rings. The first-order valence-corrected chi connectivity index (χ1v) is 22.1. The Bertz CT molecular complexity index is 3420. The maximum Gasteiger partial charge on any atom is 0.0540 e. The SMILES string of the molecule is CC1(C)c2ccccc2-c2ccc(N(c3ccc4c(c3)C(C)(C)c3ccccc3-4)c3ccc4ccc5c6c(cc7ccc3c4c75)C(c3ccccc3)=C(c3ccccc3)C6)cc21. The number of hydrogen-bond donors (Lipinski definition) is 0. The van der Waals surface area contributed by atoms with Crippen LogP contribution in [0.5, 0.6) is 0 Å². The molecule has 3 aliphatic rings. The third kappa shape index (κ3) is 4.80. The van der Waals surface area contributed by atoms with Gasteiger partial charge in [-0.25, -0.2) is 0 Å². The molecule has 0 radical (unpaired) electrons. The molecule has 3 aliphatic carbocycles. The van der Waals surface area contributed by atoms with E-state index < -0.39 is 0 Å². The van der Waals surface area contributed by atoms with Crippen LogP contribution in [0, 0.1) is 0 Å². The van der Waals surface area contributed by atoms with E-state index in [1.807, 2.05) is 0 Å². The summed E-state index contributed by atoms with van der Waals surface area (Å²) in [4.78, 5) is 2.55. The molecule has 0 unspecified atom stereocenters. The zero-order valence-corrected chi connectivity index (χ0v) is 35.6. The molecular weight excluding hydrogens is 747 g/mol.